The summed E-state index contributed by atoms with van der Waals surface area (Å²) in [6, 6.07) is 6.34. The van der Waals surface area contributed by atoms with Gasteiger partial charge in [0.05, 0.1) is 7.11 Å². The molecule has 0 aliphatic heterocycles. The summed E-state index contributed by atoms with van der Waals surface area (Å²) in [4.78, 5) is 21.4. The Balaban J connectivity index is 2.50. The maximum Gasteiger partial charge on any atom is 0.320 e. The molecule has 0 radical (unpaired) electrons. The molecule has 1 atom stereocenters. The van der Waals surface area contributed by atoms with Crippen LogP contribution in [-0.4, -0.2) is 35.3 Å². The van der Waals surface area contributed by atoms with Crippen LogP contribution in [0.15, 0.2) is 24.3 Å². The zero-order chi connectivity index (χ0) is 14.3. The average Bonchev–Trinajstić information content (AvgIpc) is 2.38. The van der Waals surface area contributed by atoms with E-state index in [1.54, 1.807) is 19.2 Å². The number of rotatable bonds is 8. The molecule has 3 N–H and O–H groups in total. The van der Waals surface area contributed by atoms with Crippen molar-refractivity contribution in [3.8, 4) is 5.75 Å². The van der Waals surface area contributed by atoms with Crippen LogP contribution in [0.5, 0.6) is 5.75 Å². The van der Waals surface area contributed by atoms with Crippen molar-refractivity contribution in [2.75, 3.05) is 7.11 Å². The van der Waals surface area contributed by atoms with Crippen molar-refractivity contribution in [3.05, 3.63) is 29.8 Å². The number of carbonyl (C=O) groups is 2. The lowest BCUT2D eigenvalue weighted by Gasteiger charge is -2.13. The molecule has 19 heavy (non-hydrogen) atoms. The van der Waals surface area contributed by atoms with E-state index in [9.17, 15) is 9.59 Å². The van der Waals surface area contributed by atoms with Crippen molar-refractivity contribution in [2.45, 2.75) is 25.4 Å². The summed E-state index contributed by atoms with van der Waals surface area (Å²) in [5, 5.41) is 20.3. The summed E-state index contributed by atoms with van der Waals surface area (Å²) in [5.74, 6) is -1.32. The molecule has 0 aliphatic rings. The second-order valence-electron chi connectivity index (χ2n) is 4.05. The number of carboxylic acid groups (broad SMARTS) is 2. The van der Waals surface area contributed by atoms with E-state index in [0.29, 0.717) is 6.54 Å². The Labute approximate surface area is 111 Å². The van der Waals surface area contributed by atoms with E-state index < -0.39 is 18.0 Å². The van der Waals surface area contributed by atoms with E-state index in [1.165, 1.54) is 0 Å². The minimum Gasteiger partial charge on any atom is -0.497 e. The molecular weight excluding hydrogens is 250 g/mol. The van der Waals surface area contributed by atoms with E-state index in [-0.39, 0.29) is 12.8 Å². The van der Waals surface area contributed by atoms with Crippen LogP contribution < -0.4 is 10.1 Å². The van der Waals surface area contributed by atoms with Crippen LogP contribution >= 0.6 is 0 Å². The summed E-state index contributed by atoms with van der Waals surface area (Å²) >= 11 is 0. The minimum absolute atomic E-state index is 0.0564. The fourth-order valence-corrected chi connectivity index (χ4v) is 1.57. The molecule has 1 aromatic rings. The maximum atomic E-state index is 11.0. The summed E-state index contributed by atoms with van der Waals surface area (Å²) in [5.41, 5.74) is 0.905. The molecule has 1 rings (SSSR count). The van der Waals surface area contributed by atoms with Crippen LogP contribution in [0.4, 0.5) is 0 Å². The molecular formula is C13H17NO5. The molecule has 0 aromatic heterocycles. The Hall–Kier alpha value is -2.08. The van der Waals surface area contributed by atoms with Gasteiger partial charge in [0, 0.05) is 13.0 Å². The quantitative estimate of drug-likeness (QED) is 0.653. The minimum atomic E-state index is -1.05. The lowest BCUT2D eigenvalue weighted by Crippen LogP contribution is -2.36. The number of nitrogens with one attached hydrogen (secondary N) is 1. The number of aliphatic carboxylic acids is 2. The predicted molar refractivity (Wildman–Crippen MR) is 68.1 cm³/mol. The van der Waals surface area contributed by atoms with Crippen LogP contribution in [0.1, 0.15) is 18.4 Å². The van der Waals surface area contributed by atoms with Gasteiger partial charge in [0.15, 0.2) is 0 Å². The first kappa shape index (κ1) is 15.0. The van der Waals surface area contributed by atoms with Crippen LogP contribution in [0, 0.1) is 0 Å². The highest BCUT2D eigenvalue weighted by atomic mass is 16.5. The van der Waals surface area contributed by atoms with Gasteiger partial charge in [-0.1, -0.05) is 12.1 Å². The molecule has 0 spiro atoms. The second-order valence-corrected chi connectivity index (χ2v) is 4.05. The Morgan fingerprint density at radius 3 is 2.37 bits per heavy atom. The third-order valence-electron chi connectivity index (χ3n) is 2.66. The van der Waals surface area contributed by atoms with Gasteiger partial charge in [0.1, 0.15) is 11.8 Å². The average molecular weight is 267 g/mol. The summed E-state index contributed by atoms with van der Waals surface area (Å²) in [6.07, 6.45) is -0.118. The lowest BCUT2D eigenvalue weighted by molar-refractivity contribution is -0.140. The highest BCUT2D eigenvalue weighted by Gasteiger charge is 2.17. The molecule has 104 valence electrons. The second kappa shape index (κ2) is 7.38. The molecule has 0 saturated carbocycles. The van der Waals surface area contributed by atoms with Crippen LogP contribution in [0.25, 0.3) is 0 Å². The van der Waals surface area contributed by atoms with E-state index >= 15 is 0 Å². The van der Waals surface area contributed by atoms with Gasteiger partial charge in [-0.05, 0) is 24.1 Å². The lowest BCUT2D eigenvalue weighted by atomic mass is 10.1. The third kappa shape index (κ3) is 5.39. The van der Waals surface area contributed by atoms with Gasteiger partial charge >= 0.3 is 11.9 Å². The Morgan fingerprint density at radius 1 is 1.26 bits per heavy atom. The van der Waals surface area contributed by atoms with Gasteiger partial charge in [-0.15, -0.1) is 0 Å². The third-order valence-corrected chi connectivity index (χ3v) is 2.66. The van der Waals surface area contributed by atoms with Gasteiger partial charge in [-0.25, -0.2) is 0 Å². The monoisotopic (exact) mass is 267 g/mol. The van der Waals surface area contributed by atoms with Crippen molar-refractivity contribution in [1.29, 1.82) is 0 Å². The Morgan fingerprint density at radius 2 is 1.89 bits per heavy atom. The van der Waals surface area contributed by atoms with Crippen LogP contribution in [-0.2, 0) is 16.1 Å². The first-order valence-corrected chi connectivity index (χ1v) is 5.84. The molecule has 0 saturated heterocycles. The smallest absolute Gasteiger partial charge is 0.320 e. The molecule has 1 aromatic carbocycles. The normalized spacial score (nSPS) is 11.8. The van der Waals surface area contributed by atoms with Crippen LogP contribution in [0.2, 0.25) is 0 Å². The maximum absolute atomic E-state index is 11.0. The van der Waals surface area contributed by atoms with Gasteiger partial charge in [-0.2, -0.15) is 0 Å². The fourth-order valence-electron chi connectivity index (χ4n) is 1.57. The zero-order valence-corrected chi connectivity index (χ0v) is 10.6. The highest BCUT2D eigenvalue weighted by Crippen LogP contribution is 2.11. The number of hydrogen-bond acceptors (Lipinski definition) is 4. The summed E-state index contributed by atoms with van der Waals surface area (Å²) in [7, 11) is 1.57. The largest absolute Gasteiger partial charge is 0.497 e. The van der Waals surface area contributed by atoms with Crippen molar-refractivity contribution < 1.29 is 24.5 Å². The summed E-state index contributed by atoms with van der Waals surface area (Å²) in [6.45, 7) is 0.362. The van der Waals surface area contributed by atoms with E-state index in [0.717, 1.165) is 11.3 Å². The van der Waals surface area contributed by atoms with Crippen molar-refractivity contribution >= 4 is 11.9 Å². The van der Waals surface area contributed by atoms with Crippen molar-refractivity contribution in [3.63, 3.8) is 0 Å². The fraction of sp³-hybridized carbons (Fsp3) is 0.385. The number of methoxy groups -OCH3 is 1. The van der Waals surface area contributed by atoms with E-state index in [4.69, 9.17) is 14.9 Å². The van der Waals surface area contributed by atoms with Crippen molar-refractivity contribution in [2.24, 2.45) is 0 Å². The topological polar surface area (TPSA) is 95.9 Å². The molecule has 0 unspecified atom stereocenters. The first-order chi connectivity index (χ1) is 9.02. The van der Waals surface area contributed by atoms with E-state index in [2.05, 4.69) is 5.32 Å². The number of ether oxygens (including phenoxy) is 1. The molecule has 0 heterocycles. The van der Waals surface area contributed by atoms with Gasteiger partial charge < -0.3 is 20.3 Å². The molecule has 6 heteroatoms. The van der Waals surface area contributed by atoms with E-state index in [1.807, 2.05) is 12.1 Å². The molecule has 0 fully saturated rings. The Bertz CT molecular complexity index is 429. The van der Waals surface area contributed by atoms with Gasteiger partial charge in [0.25, 0.3) is 0 Å². The number of carboxylic acids is 2. The molecule has 0 bridgehead atoms. The SMILES string of the molecule is COc1ccc(CN[C@H](CCC(=O)O)C(=O)O)cc1. The number of hydrogen-bond donors (Lipinski definition) is 3. The highest BCUT2D eigenvalue weighted by molar-refractivity contribution is 5.75. The Kier molecular flexibility index (Phi) is 5.81. The molecule has 0 aliphatic carbocycles. The molecule has 6 nitrogen and oxygen atoms in total. The molecule has 0 amide bonds. The standard InChI is InChI=1S/C13H17NO5/c1-19-10-4-2-9(3-5-10)8-14-11(13(17)18)6-7-12(15)16/h2-5,11,14H,6-8H2,1H3,(H,15,16)(H,17,18)/t11-/m1/s1. The van der Waals surface area contributed by atoms with Crippen LogP contribution in [0.3, 0.4) is 0 Å². The zero-order valence-electron chi connectivity index (χ0n) is 10.6. The van der Waals surface area contributed by atoms with Gasteiger partial charge in [0.2, 0.25) is 0 Å². The predicted octanol–water partition coefficient (Wildman–Crippen LogP) is 1.10. The first-order valence-electron chi connectivity index (χ1n) is 5.84. The van der Waals surface area contributed by atoms with Crippen molar-refractivity contribution in [1.82, 2.24) is 5.32 Å². The summed E-state index contributed by atoms with van der Waals surface area (Å²) < 4.78 is 5.02. The number of benzene rings is 1. The van der Waals surface area contributed by atoms with Gasteiger partial charge in [-0.3, -0.25) is 9.59 Å².